The summed E-state index contributed by atoms with van der Waals surface area (Å²) in [6.07, 6.45) is 8.21. The highest BCUT2D eigenvalue weighted by atomic mass is 16.1. The number of nitrogens with one attached hydrogen (secondary N) is 1. The first-order valence-corrected chi connectivity index (χ1v) is 11.3. The van der Waals surface area contributed by atoms with Crippen LogP contribution in [-0.4, -0.2) is 32.1 Å². The van der Waals surface area contributed by atoms with Crippen molar-refractivity contribution in [2.24, 2.45) is 5.92 Å². The van der Waals surface area contributed by atoms with E-state index in [1.807, 2.05) is 43.6 Å². The van der Waals surface area contributed by atoms with Gasteiger partial charge in [0.05, 0.1) is 29.0 Å². The Morgan fingerprint density at radius 3 is 2.50 bits per heavy atom. The Hall–Kier alpha value is -3.48. The van der Waals surface area contributed by atoms with Gasteiger partial charge in [0.15, 0.2) is 0 Å². The van der Waals surface area contributed by atoms with Gasteiger partial charge in [-0.25, -0.2) is 4.52 Å². The van der Waals surface area contributed by atoms with Gasteiger partial charge in [-0.15, -0.1) is 0 Å². The van der Waals surface area contributed by atoms with Gasteiger partial charge in [-0.2, -0.15) is 5.10 Å². The summed E-state index contributed by atoms with van der Waals surface area (Å²) in [7, 11) is 1.60. The van der Waals surface area contributed by atoms with E-state index < -0.39 is 0 Å². The maximum Gasteiger partial charge on any atom is 0.266 e. The van der Waals surface area contributed by atoms with Gasteiger partial charge in [0.1, 0.15) is 5.65 Å². The van der Waals surface area contributed by atoms with Crippen LogP contribution in [0.1, 0.15) is 54.7 Å². The molecule has 3 heterocycles. The zero-order valence-corrected chi connectivity index (χ0v) is 19.1. The molecule has 1 fully saturated rings. The number of aromatic nitrogens is 4. The number of carbonyl (C=O) groups is 1. The lowest BCUT2D eigenvalue weighted by Gasteiger charge is -2.25. The molecule has 0 bridgehead atoms. The van der Waals surface area contributed by atoms with Crippen LogP contribution in [0.15, 0.2) is 47.5 Å². The number of amides is 1. The fourth-order valence-corrected chi connectivity index (χ4v) is 4.20. The highest BCUT2D eigenvalue weighted by Crippen LogP contribution is 2.31. The Balaban J connectivity index is 0.00000119. The molecule has 5 rings (SSSR count). The second-order valence-corrected chi connectivity index (χ2v) is 8.02. The van der Waals surface area contributed by atoms with E-state index in [-0.39, 0.29) is 11.5 Å². The average molecular weight is 432 g/mol. The Labute approximate surface area is 187 Å². The van der Waals surface area contributed by atoms with Crippen LogP contribution >= 0.6 is 0 Å². The van der Waals surface area contributed by atoms with Crippen molar-refractivity contribution in [3.63, 3.8) is 0 Å². The van der Waals surface area contributed by atoms with Gasteiger partial charge in [-0.05, 0) is 49.6 Å². The van der Waals surface area contributed by atoms with Crippen molar-refractivity contribution in [2.75, 3.05) is 7.05 Å². The molecule has 0 atom stereocenters. The lowest BCUT2D eigenvalue weighted by molar-refractivity contribution is 0.0963. The number of fused-ring (bicyclic) bond motifs is 3. The normalized spacial score (nSPS) is 13.5. The maximum absolute atomic E-state index is 13.6. The van der Waals surface area contributed by atoms with Crippen LogP contribution in [0, 0.1) is 12.8 Å². The van der Waals surface area contributed by atoms with Gasteiger partial charge >= 0.3 is 0 Å². The summed E-state index contributed by atoms with van der Waals surface area (Å²) < 4.78 is 3.54. The first-order chi connectivity index (χ1) is 15.6. The van der Waals surface area contributed by atoms with E-state index in [4.69, 9.17) is 0 Å². The molecule has 1 aromatic carbocycles. The summed E-state index contributed by atoms with van der Waals surface area (Å²) in [5.74, 6) is 0.485. The quantitative estimate of drug-likeness (QED) is 0.528. The monoisotopic (exact) mass is 431 g/mol. The van der Waals surface area contributed by atoms with E-state index in [1.165, 1.54) is 19.3 Å². The van der Waals surface area contributed by atoms with E-state index in [9.17, 15) is 9.59 Å². The molecule has 0 aliphatic heterocycles. The molecule has 32 heavy (non-hydrogen) atoms. The second-order valence-electron chi connectivity index (χ2n) is 8.02. The Morgan fingerprint density at radius 1 is 1.16 bits per heavy atom. The second kappa shape index (κ2) is 8.94. The van der Waals surface area contributed by atoms with Crippen LogP contribution in [0.3, 0.4) is 0 Å². The SMILES string of the molecule is CC.CNC(=O)c1ccc(-n2c(=O)c3cc(C)ncc3n3ncc(CC4CCC4)c23)cc1. The van der Waals surface area contributed by atoms with Gasteiger partial charge in [-0.1, -0.05) is 33.1 Å². The van der Waals surface area contributed by atoms with Crippen LogP contribution in [-0.2, 0) is 6.42 Å². The largest absolute Gasteiger partial charge is 0.355 e. The summed E-state index contributed by atoms with van der Waals surface area (Å²) in [4.78, 5) is 29.9. The van der Waals surface area contributed by atoms with Gasteiger partial charge in [0.25, 0.3) is 11.5 Å². The molecule has 0 unspecified atom stereocenters. The molecule has 1 saturated carbocycles. The van der Waals surface area contributed by atoms with Crippen molar-refractivity contribution in [1.29, 1.82) is 0 Å². The highest BCUT2D eigenvalue weighted by molar-refractivity contribution is 5.94. The topological polar surface area (TPSA) is 81.3 Å². The van der Waals surface area contributed by atoms with Gasteiger partial charge in [0, 0.05) is 23.9 Å². The molecule has 3 aromatic heterocycles. The Bertz CT molecular complexity index is 1330. The standard InChI is InChI=1S/C23H23N5O2.C2H6/c1-14-10-19-20(13-25-14)28-22(17(12-26-28)11-15-4-3-5-15)27(23(19)30)18-8-6-16(7-9-18)21(29)24-2;1-2/h6-10,12-13,15H,3-5,11H2,1-2H3,(H,24,29);1-2H3. The summed E-state index contributed by atoms with van der Waals surface area (Å²) in [6.45, 7) is 5.87. The van der Waals surface area contributed by atoms with Gasteiger partial charge < -0.3 is 5.32 Å². The minimum absolute atomic E-state index is 0.106. The van der Waals surface area contributed by atoms with Crippen molar-refractivity contribution in [1.82, 2.24) is 24.5 Å². The van der Waals surface area contributed by atoms with E-state index >= 15 is 0 Å². The zero-order valence-electron chi connectivity index (χ0n) is 19.1. The van der Waals surface area contributed by atoms with Crippen molar-refractivity contribution >= 4 is 22.5 Å². The van der Waals surface area contributed by atoms with E-state index in [2.05, 4.69) is 15.4 Å². The van der Waals surface area contributed by atoms with Gasteiger partial charge in [0.2, 0.25) is 0 Å². The molecule has 7 nitrogen and oxygen atoms in total. The molecule has 4 aromatic rings. The summed E-state index contributed by atoms with van der Waals surface area (Å²) >= 11 is 0. The number of rotatable bonds is 4. The first-order valence-electron chi connectivity index (χ1n) is 11.3. The zero-order chi connectivity index (χ0) is 22.8. The lowest BCUT2D eigenvalue weighted by atomic mass is 9.81. The molecule has 1 amide bonds. The maximum atomic E-state index is 13.6. The number of carbonyl (C=O) groups excluding carboxylic acids is 1. The molecule has 7 heteroatoms. The highest BCUT2D eigenvalue weighted by Gasteiger charge is 2.23. The van der Waals surface area contributed by atoms with Crippen LogP contribution in [0.5, 0.6) is 0 Å². The Morgan fingerprint density at radius 2 is 1.88 bits per heavy atom. The summed E-state index contributed by atoms with van der Waals surface area (Å²) in [5.41, 5.74) is 4.48. The molecule has 0 spiro atoms. The molecule has 1 N–H and O–H groups in total. The van der Waals surface area contributed by atoms with Crippen molar-refractivity contribution in [2.45, 2.75) is 46.5 Å². The molecule has 166 valence electrons. The van der Waals surface area contributed by atoms with Crippen LogP contribution in [0.4, 0.5) is 0 Å². The fraction of sp³-hybridized carbons (Fsp3) is 0.360. The Kier molecular flexibility index (Phi) is 6.08. The number of aryl methyl sites for hydroxylation is 1. The minimum atomic E-state index is -0.158. The fourth-order valence-electron chi connectivity index (χ4n) is 4.20. The smallest absolute Gasteiger partial charge is 0.266 e. The molecule has 1 aliphatic rings. The average Bonchev–Trinajstić information content (AvgIpc) is 3.21. The van der Waals surface area contributed by atoms with Crippen LogP contribution < -0.4 is 10.9 Å². The van der Waals surface area contributed by atoms with E-state index in [0.29, 0.717) is 28.1 Å². The van der Waals surface area contributed by atoms with E-state index in [1.54, 1.807) is 36.0 Å². The third-order valence-electron chi connectivity index (χ3n) is 6.06. The van der Waals surface area contributed by atoms with Gasteiger partial charge in [-0.3, -0.25) is 19.1 Å². The molecule has 0 saturated heterocycles. The first kappa shape index (κ1) is 21.7. The number of pyridine rings is 1. The molecular weight excluding hydrogens is 402 g/mol. The third kappa shape index (κ3) is 3.68. The third-order valence-corrected chi connectivity index (χ3v) is 6.06. The van der Waals surface area contributed by atoms with Crippen molar-refractivity contribution in [3.05, 3.63) is 69.9 Å². The predicted octanol–water partition coefficient (Wildman–Crippen LogP) is 4.07. The number of nitrogens with zero attached hydrogens (tertiary/aromatic N) is 4. The number of hydrogen-bond acceptors (Lipinski definition) is 4. The minimum Gasteiger partial charge on any atom is -0.355 e. The lowest BCUT2D eigenvalue weighted by Crippen LogP contribution is -2.23. The molecule has 1 aliphatic carbocycles. The summed E-state index contributed by atoms with van der Waals surface area (Å²) in [6, 6.07) is 8.90. The van der Waals surface area contributed by atoms with E-state index in [0.717, 1.165) is 23.3 Å². The van der Waals surface area contributed by atoms with Crippen LogP contribution in [0.2, 0.25) is 0 Å². The van der Waals surface area contributed by atoms with Crippen molar-refractivity contribution in [3.8, 4) is 5.69 Å². The molecule has 0 radical (unpaired) electrons. The number of hydrogen-bond donors (Lipinski definition) is 1. The van der Waals surface area contributed by atoms with Crippen LogP contribution in [0.25, 0.3) is 22.2 Å². The summed E-state index contributed by atoms with van der Waals surface area (Å²) in [5, 5.41) is 7.82. The molecular formula is C25H29N5O2. The predicted molar refractivity (Wildman–Crippen MR) is 127 cm³/mol. The van der Waals surface area contributed by atoms with Crippen molar-refractivity contribution < 1.29 is 4.79 Å². The number of benzene rings is 1.